The number of piperazine rings is 1. The van der Waals surface area contributed by atoms with Crippen LogP contribution in [0.4, 0.5) is 0 Å². The van der Waals surface area contributed by atoms with Crippen LogP contribution in [0.1, 0.15) is 58.8 Å². The summed E-state index contributed by atoms with van der Waals surface area (Å²) < 4.78 is 0. The average Bonchev–Trinajstić information content (AvgIpc) is 2.48. The summed E-state index contributed by atoms with van der Waals surface area (Å²) in [4.78, 5) is 37.1. The molecular weight excluding hydrogens is 268 g/mol. The largest absolute Gasteiger partial charge is 0.321 e. The third kappa shape index (κ3) is 3.83. The number of nitrogens with one attached hydrogen (secondary N) is 1. The molecule has 0 radical (unpaired) electrons. The Hall–Kier alpha value is -1.39. The standard InChI is InChI=1S/C16H26N2O3/c1-3-4-5-12-6-8-13(9-7-12)16(21)18-10-14(19)17-15(20)11(18)2/h11-13H,3-10H2,1-2H3,(H,17,19,20). The molecule has 1 saturated carbocycles. The number of rotatable bonds is 4. The topological polar surface area (TPSA) is 66.5 Å². The molecule has 1 aliphatic carbocycles. The van der Waals surface area contributed by atoms with E-state index >= 15 is 0 Å². The Morgan fingerprint density at radius 2 is 1.90 bits per heavy atom. The molecule has 0 aromatic heterocycles. The lowest BCUT2D eigenvalue weighted by molar-refractivity contribution is -0.152. The van der Waals surface area contributed by atoms with Gasteiger partial charge in [-0.2, -0.15) is 0 Å². The Balaban J connectivity index is 1.89. The molecule has 0 aromatic rings. The van der Waals surface area contributed by atoms with Crippen molar-refractivity contribution in [1.82, 2.24) is 10.2 Å². The zero-order valence-electron chi connectivity index (χ0n) is 13.1. The third-order valence-corrected chi connectivity index (χ3v) is 4.87. The lowest BCUT2D eigenvalue weighted by Gasteiger charge is -2.36. The van der Waals surface area contributed by atoms with Crippen LogP contribution >= 0.6 is 0 Å². The first-order chi connectivity index (χ1) is 10.0. The maximum Gasteiger partial charge on any atom is 0.249 e. The van der Waals surface area contributed by atoms with E-state index in [0.717, 1.165) is 31.6 Å². The molecule has 0 bridgehead atoms. The Morgan fingerprint density at radius 1 is 1.24 bits per heavy atom. The average molecular weight is 294 g/mol. The minimum Gasteiger partial charge on any atom is -0.321 e. The van der Waals surface area contributed by atoms with Crippen molar-refractivity contribution in [2.75, 3.05) is 6.54 Å². The lowest BCUT2D eigenvalue weighted by atomic mass is 9.79. The minimum absolute atomic E-state index is 0.0102. The van der Waals surface area contributed by atoms with Gasteiger partial charge in [0.2, 0.25) is 17.7 Å². The predicted molar refractivity (Wildman–Crippen MR) is 79.3 cm³/mol. The predicted octanol–water partition coefficient (Wildman–Crippen LogP) is 1.86. The van der Waals surface area contributed by atoms with Crippen molar-refractivity contribution < 1.29 is 14.4 Å². The van der Waals surface area contributed by atoms with E-state index in [1.54, 1.807) is 6.92 Å². The van der Waals surface area contributed by atoms with Crippen LogP contribution in [0.3, 0.4) is 0 Å². The molecule has 1 unspecified atom stereocenters. The van der Waals surface area contributed by atoms with Crippen LogP contribution in [-0.4, -0.2) is 35.2 Å². The van der Waals surface area contributed by atoms with Gasteiger partial charge in [0.15, 0.2) is 0 Å². The van der Waals surface area contributed by atoms with Crippen LogP contribution in [0, 0.1) is 11.8 Å². The second-order valence-electron chi connectivity index (χ2n) is 6.41. The fraction of sp³-hybridized carbons (Fsp3) is 0.812. The Kier molecular flexibility index (Phi) is 5.37. The molecule has 1 heterocycles. The van der Waals surface area contributed by atoms with Crippen LogP contribution in [0.15, 0.2) is 0 Å². The Labute approximate surface area is 126 Å². The summed E-state index contributed by atoms with van der Waals surface area (Å²) in [5.74, 6) is -0.0132. The number of carbonyl (C=O) groups excluding carboxylic acids is 3. The van der Waals surface area contributed by atoms with Crippen molar-refractivity contribution in [2.45, 2.75) is 64.8 Å². The van der Waals surface area contributed by atoms with Crippen molar-refractivity contribution in [3.8, 4) is 0 Å². The molecule has 1 aliphatic heterocycles. The summed E-state index contributed by atoms with van der Waals surface area (Å²) >= 11 is 0. The van der Waals surface area contributed by atoms with E-state index in [0.29, 0.717) is 0 Å². The maximum atomic E-state index is 12.6. The summed E-state index contributed by atoms with van der Waals surface area (Å²) in [6.07, 6.45) is 7.73. The van der Waals surface area contributed by atoms with Gasteiger partial charge in [-0.3, -0.25) is 19.7 Å². The molecule has 1 saturated heterocycles. The van der Waals surface area contributed by atoms with Gasteiger partial charge in [-0.05, 0) is 38.5 Å². The number of unbranched alkanes of at least 4 members (excludes halogenated alkanes) is 1. The molecule has 5 heteroatoms. The molecule has 21 heavy (non-hydrogen) atoms. The number of nitrogens with zero attached hydrogens (tertiary/aromatic N) is 1. The molecule has 118 valence electrons. The Bertz CT molecular complexity index is 414. The second kappa shape index (κ2) is 7.05. The van der Waals surface area contributed by atoms with Crippen molar-refractivity contribution in [1.29, 1.82) is 0 Å². The van der Waals surface area contributed by atoms with Crippen LogP contribution < -0.4 is 5.32 Å². The van der Waals surface area contributed by atoms with Gasteiger partial charge >= 0.3 is 0 Å². The van der Waals surface area contributed by atoms with Crippen molar-refractivity contribution in [3.63, 3.8) is 0 Å². The molecule has 0 aromatic carbocycles. The van der Waals surface area contributed by atoms with E-state index in [-0.39, 0.29) is 30.2 Å². The number of hydrogen-bond donors (Lipinski definition) is 1. The normalized spacial score (nSPS) is 30.2. The highest BCUT2D eigenvalue weighted by Gasteiger charge is 2.37. The number of hydrogen-bond acceptors (Lipinski definition) is 3. The number of imide groups is 1. The van der Waals surface area contributed by atoms with E-state index in [1.165, 1.54) is 24.2 Å². The molecule has 1 N–H and O–H groups in total. The van der Waals surface area contributed by atoms with Crippen LogP contribution in [0.2, 0.25) is 0 Å². The van der Waals surface area contributed by atoms with E-state index < -0.39 is 6.04 Å². The zero-order chi connectivity index (χ0) is 15.4. The summed E-state index contributed by atoms with van der Waals surface area (Å²) in [5.41, 5.74) is 0. The highest BCUT2D eigenvalue weighted by atomic mass is 16.2. The van der Waals surface area contributed by atoms with Gasteiger partial charge in [-0.25, -0.2) is 0 Å². The van der Waals surface area contributed by atoms with Crippen molar-refractivity contribution in [2.24, 2.45) is 11.8 Å². The summed E-state index contributed by atoms with van der Waals surface area (Å²) in [6, 6.07) is -0.534. The molecule has 1 atom stereocenters. The summed E-state index contributed by atoms with van der Waals surface area (Å²) in [5, 5.41) is 2.28. The first-order valence-electron chi connectivity index (χ1n) is 8.17. The minimum atomic E-state index is -0.534. The smallest absolute Gasteiger partial charge is 0.249 e. The van der Waals surface area contributed by atoms with Gasteiger partial charge in [-0.15, -0.1) is 0 Å². The van der Waals surface area contributed by atoms with Gasteiger partial charge in [-0.1, -0.05) is 26.2 Å². The van der Waals surface area contributed by atoms with E-state index in [1.807, 2.05) is 0 Å². The zero-order valence-corrected chi connectivity index (χ0v) is 13.1. The second-order valence-corrected chi connectivity index (χ2v) is 6.41. The van der Waals surface area contributed by atoms with E-state index in [4.69, 9.17) is 0 Å². The van der Waals surface area contributed by atoms with Crippen molar-refractivity contribution in [3.05, 3.63) is 0 Å². The third-order valence-electron chi connectivity index (χ3n) is 4.87. The van der Waals surface area contributed by atoms with Gasteiger partial charge < -0.3 is 4.90 Å². The monoisotopic (exact) mass is 294 g/mol. The number of carbonyl (C=O) groups is 3. The SMILES string of the molecule is CCCCC1CCC(C(=O)N2CC(=O)NC(=O)C2C)CC1. The fourth-order valence-electron chi connectivity index (χ4n) is 3.41. The lowest BCUT2D eigenvalue weighted by Crippen LogP contribution is -2.59. The molecule has 0 spiro atoms. The first kappa shape index (κ1) is 16.0. The van der Waals surface area contributed by atoms with E-state index in [9.17, 15) is 14.4 Å². The molecule has 2 fully saturated rings. The fourth-order valence-corrected chi connectivity index (χ4v) is 3.41. The maximum absolute atomic E-state index is 12.6. The van der Waals surface area contributed by atoms with Crippen LogP contribution in [-0.2, 0) is 14.4 Å². The van der Waals surface area contributed by atoms with Crippen LogP contribution in [0.25, 0.3) is 0 Å². The van der Waals surface area contributed by atoms with Gasteiger partial charge in [0.25, 0.3) is 0 Å². The van der Waals surface area contributed by atoms with E-state index in [2.05, 4.69) is 12.2 Å². The molecule has 3 amide bonds. The van der Waals surface area contributed by atoms with Crippen LogP contribution in [0.5, 0.6) is 0 Å². The molecule has 5 nitrogen and oxygen atoms in total. The quantitative estimate of drug-likeness (QED) is 0.805. The van der Waals surface area contributed by atoms with Crippen molar-refractivity contribution >= 4 is 17.7 Å². The molecule has 2 rings (SSSR count). The Morgan fingerprint density at radius 3 is 2.52 bits per heavy atom. The van der Waals surface area contributed by atoms with Gasteiger partial charge in [0.05, 0.1) is 0 Å². The van der Waals surface area contributed by atoms with Gasteiger partial charge in [0.1, 0.15) is 12.6 Å². The highest BCUT2D eigenvalue weighted by Crippen LogP contribution is 2.33. The summed E-state index contributed by atoms with van der Waals surface area (Å²) in [6.45, 7) is 3.91. The summed E-state index contributed by atoms with van der Waals surface area (Å²) in [7, 11) is 0. The van der Waals surface area contributed by atoms with Gasteiger partial charge in [0, 0.05) is 5.92 Å². The first-order valence-corrected chi connectivity index (χ1v) is 8.17. The molecular formula is C16H26N2O3. The number of amides is 3. The highest BCUT2D eigenvalue weighted by molar-refractivity contribution is 6.04. The molecule has 2 aliphatic rings.